The summed E-state index contributed by atoms with van der Waals surface area (Å²) in [5, 5.41) is 12.5. The van der Waals surface area contributed by atoms with Gasteiger partial charge >= 0.3 is 12.0 Å². The van der Waals surface area contributed by atoms with Crippen molar-refractivity contribution in [1.29, 1.82) is 0 Å². The number of rotatable bonds is 2. The highest BCUT2D eigenvalue weighted by molar-refractivity contribution is 6.31. The van der Waals surface area contributed by atoms with Gasteiger partial charge in [-0.05, 0) is 37.0 Å². The van der Waals surface area contributed by atoms with Gasteiger partial charge in [0.25, 0.3) is 0 Å². The maximum absolute atomic E-state index is 12.2. The Kier molecular flexibility index (Phi) is 4.18. The molecule has 0 aliphatic carbocycles. The van der Waals surface area contributed by atoms with Crippen LogP contribution in [0.15, 0.2) is 18.2 Å². The molecule has 1 aliphatic rings. The second kappa shape index (κ2) is 5.71. The van der Waals surface area contributed by atoms with Gasteiger partial charge in [-0.15, -0.1) is 0 Å². The van der Waals surface area contributed by atoms with Gasteiger partial charge in [-0.1, -0.05) is 24.6 Å². The normalized spacial score (nSPS) is 21.9. The van der Waals surface area contributed by atoms with E-state index < -0.39 is 18.0 Å². The van der Waals surface area contributed by atoms with Crippen LogP contribution >= 0.6 is 11.6 Å². The fourth-order valence-corrected chi connectivity index (χ4v) is 2.60. The standard InChI is InChI=1S/C14H17ClN2O3/c1-8-3-4-10(7-11(8)15)16-14(20)17-6-5-9(2)12(17)13(18)19/h3-4,7,9,12H,5-6H2,1-2H3,(H,16,20)(H,18,19). The van der Waals surface area contributed by atoms with E-state index in [4.69, 9.17) is 11.6 Å². The Morgan fingerprint density at radius 2 is 2.15 bits per heavy atom. The third-order valence-electron chi connectivity index (χ3n) is 3.64. The summed E-state index contributed by atoms with van der Waals surface area (Å²) in [7, 11) is 0. The van der Waals surface area contributed by atoms with Crippen molar-refractivity contribution in [3.05, 3.63) is 28.8 Å². The number of amides is 2. The number of carboxylic acids is 1. The molecule has 0 spiro atoms. The maximum atomic E-state index is 12.2. The molecule has 1 fully saturated rings. The van der Waals surface area contributed by atoms with E-state index in [0.717, 1.165) is 5.56 Å². The van der Waals surface area contributed by atoms with Crippen molar-refractivity contribution in [2.24, 2.45) is 5.92 Å². The minimum atomic E-state index is -0.966. The van der Waals surface area contributed by atoms with Crippen LogP contribution < -0.4 is 5.32 Å². The molecule has 1 aliphatic heterocycles. The number of likely N-dealkylation sites (tertiary alicyclic amines) is 1. The topological polar surface area (TPSA) is 69.6 Å². The van der Waals surface area contributed by atoms with Gasteiger partial charge < -0.3 is 15.3 Å². The molecule has 108 valence electrons. The van der Waals surface area contributed by atoms with Crippen molar-refractivity contribution in [3.8, 4) is 0 Å². The maximum Gasteiger partial charge on any atom is 0.326 e. The SMILES string of the molecule is Cc1ccc(NC(=O)N2CCC(C)C2C(=O)O)cc1Cl. The Morgan fingerprint density at radius 1 is 1.45 bits per heavy atom. The van der Waals surface area contributed by atoms with E-state index in [1.807, 2.05) is 13.8 Å². The number of halogens is 1. The molecule has 2 atom stereocenters. The Morgan fingerprint density at radius 3 is 2.75 bits per heavy atom. The molecule has 2 N–H and O–H groups in total. The Balaban J connectivity index is 2.11. The number of urea groups is 1. The van der Waals surface area contributed by atoms with Crippen LogP contribution in [0.5, 0.6) is 0 Å². The van der Waals surface area contributed by atoms with Gasteiger partial charge in [0.1, 0.15) is 6.04 Å². The molecule has 2 rings (SSSR count). The molecule has 0 bridgehead atoms. The lowest BCUT2D eigenvalue weighted by Crippen LogP contribution is -2.44. The first-order chi connectivity index (χ1) is 9.40. The van der Waals surface area contributed by atoms with Crippen molar-refractivity contribution in [3.63, 3.8) is 0 Å². The van der Waals surface area contributed by atoms with E-state index >= 15 is 0 Å². The number of nitrogens with one attached hydrogen (secondary N) is 1. The molecule has 5 nitrogen and oxygen atoms in total. The second-order valence-corrected chi connectivity index (χ2v) is 5.54. The minimum absolute atomic E-state index is 0.0418. The predicted molar refractivity (Wildman–Crippen MR) is 77.1 cm³/mol. The Bertz CT molecular complexity index is 547. The van der Waals surface area contributed by atoms with Crippen LogP contribution in [0.2, 0.25) is 5.02 Å². The molecule has 6 heteroatoms. The van der Waals surface area contributed by atoms with Crippen LogP contribution in [-0.4, -0.2) is 34.6 Å². The molecular weight excluding hydrogens is 280 g/mol. The van der Waals surface area contributed by atoms with E-state index in [2.05, 4.69) is 5.32 Å². The number of anilines is 1. The van der Waals surface area contributed by atoms with E-state index in [-0.39, 0.29) is 5.92 Å². The monoisotopic (exact) mass is 296 g/mol. The lowest BCUT2D eigenvalue weighted by atomic mass is 10.0. The lowest BCUT2D eigenvalue weighted by Gasteiger charge is -2.23. The highest BCUT2D eigenvalue weighted by Crippen LogP contribution is 2.26. The summed E-state index contributed by atoms with van der Waals surface area (Å²) in [6.45, 7) is 4.16. The van der Waals surface area contributed by atoms with Crippen molar-refractivity contribution in [2.75, 3.05) is 11.9 Å². The summed E-state index contributed by atoms with van der Waals surface area (Å²) in [6.07, 6.45) is 0.693. The van der Waals surface area contributed by atoms with E-state index in [1.165, 1.54) is 4.90 Å². The third kappa shape index (κ3) is 2.88. The summed E-state index contributed by atoms with van der Waals surface area (Å²) >= 11 is 6.00. The molecule has 1 aromatic rings. The number of carboxylic acid groups (broad SMARTS) is 1. The number of aliphatic carboxylic acids is 1. The molecule has 20 heavy (non-hydrogen) atoms. The first-order valence-electron chi connectivity index (χ1n) is 6.46. The number of benzene rings is 1. The van der Waals surface area contributed by atoms with Crippen LogP contribution in [0.4, 0.5) is 10.5 Å². The molecule has 0 aromatic heterocycles. The summed E-state index contributed by atoms with van der Waals surface area (Å²) in [5.41, 5.74) is 1.48. The number of carbonyl (C=O) groups excluding carboxylic acids is 1. The first kappa shape index (κ1) is 14.7. The van der Waals surface area contributed by atoms with Gasteiger partial charge in [0.15, 0.2) is 0 Å². The molecule has 2 amide bonds. The smallest absolute Gasteiger partial charge is 0.326 e. The number of hydrogen-bond donors (Lipinski definition) is 2. The van der Waals surface area contributed by atoms with Crippen molar-refractivity contribution in [1.82, 2.24) is 4.90 Å². The van der Waals surface area contributed by atoms with Crippen molar-refractivity contribution >= 4 is 29.3 Å². The second-order valence-electron chi connectivity index (χ2n) is 5.14. The largest absolute Gasteiger partial charge is 0.480 e. The summed E-state index contributed by atoms with van der Waals surface area (Å²) in [4.78, 5) is 24.8. The van der Waals surface area contributed by atoms with Gasteiger partial charge in [-0.3, -0.25) is 0 Å². The van der Waals surface area contributed by atoms with Gasteiger partial charge in [0.2, 0.25) is 0 Å². The number of carbonyl (C=O) groups is 2. The van der Waals surface area contributed by atoms with Crippen LogP contribution in [0.1, 0.15) is 18.9 Å². The minimum Gasteiger partial charge on any atom is -0.480 e. The average Bonchev–Trinajstić information content (AvgIpc) is 2.76. The van der Waals surface area contributed by atoms with E-state index in [1.54, 1.807) is 18.2 Å². The van der Waals surface area contributed by atoms with Crippen LogP contribution in [-0.2, 0) is 4.79 Å². The fraction of sp³-hybridized carbons (Fsp3) is 0.429. The van der Waals surface area contributed by atoms with E-state index in [0.29, 0.717) is 23.7 Å². The molecule has 0 radical (unpaired) electrons. The van der Waals surface area contributed by atoms with Crippen molar-refractivity contribution in [2.45, 2.75) is 26.3 Å². The van der Waals surface area contributed by atoms with Crippen molar-refractivity contribution < 1.29 is 14.7 Å². The zero-order valence-corrected chi connectivity index (χ0v) is 12.1. The molecule has 1 saturated heterocycles. The van der Waals surface area contributed by atoms with Crippen LogP contribution in [0.3, 0.4) is 0 Å². The number of nitrogens with zero attached hydrogens (tertiary/aromatic N) is 1. The molecule has 1 heterocycles. The highest BCUT2D eigenvalue weighted by atomic mass is 35.5. The third-order valence-corrected chi connectivity index (χ3v) is 4.04. The zero-order chi connectivity index (χ0) is 14.9. The molecule has 1 aromatic carbocycles. The van der Waals surface area contributed by atoms with E-state index in [9.17, 15) is 14.7 Å². The highest BCUT2D eigenvalue weighted by Gasteiger charge is 2.39. The summed E-state index contributed by atoms with van der Waals surface area (Å²) in [6, 6.07) is 4.04. The van der Waals surface area contributed by atoms with Crippen LogP contribution in [0.25, 0.3) is 0 Å². The van der Waals surface area contributed by atoms with Gasteiger partial charge in [0.05, 0.1) is 0 Å². The molecule has 0 saturated carbocycles. The van der Waals surface area contributed by atoms with Crippen LogP contribution in [0, 0.1) is 12.8 Å². The summed E-state index contributed by atoms with van der Waals surface area (Å²) in [5.74, 6) is -1.01. The average molecular weight is 297 g/mol. The molecule has 2 unspecified atom stereocenters. The number of aryl methyl sites for hydroxylation is 1. The van der Waals surface area contributed by atoms with Gasteiger partial charge in [0, 0.05) is 17.3 Å². The zero-order valence-electron chi connectivity index (χ0n) is 11.4. The summed E-state index contributed by atoms with van der Waals surface area (Å²) < 4.78 is 0. The number of hydrogen-bond acceptors (Lipinski definition) is 2. The quantitative estimate of drug-likeness (QED) is 0.881. The first-order valence-corrected chi connectivity index (χ1v) is 6.84. The Hall–Kier alpha value is -1.75. The molecular formula is C14H17ClN2O3. The fourth-order valence-electron chi connectivity index (χ4n) is 2.42. The Labute approximate surface area is 122 Å². The van der Waals surface area contributed by atoms with Gasteiger partial charge in [-0.25, -0.2) is 9.59 Å². The van der Waals surface area contributed by atoms with Gasteiger partial charge in [-0.2, -0.15) is 0 Å². The lowest BCUT2D eigenvalue weighted by molar-refractivity contribution is -0.142. The predicted octanol–water partition coefficient (Wildman–Crippen LogP) is 2.98.